The first kappa shape index (κ1) is 16.4. The molecule has 0 aliphatic carbocycles. The second kappa shape index (κ2) is 6.66. The number of aliphatic hydroxyl groups excluding tert-OH is 1. The highest BCUT2D eigenvalue weighted by molar-refractivity contribution is 6.00. The van der Waals surface area contributed by atoms with Crippen molar-refractivity contribution in [1.29, 1.82) is 0 Å². The molecule has 0 saturated heterocycles. The largest absolute Gasteiger partial charge is 0.490 e. The van der Waals surface area contributed by atoms with E-state index in [-0.39, 0.29) is 11.3 Å². The Hall–Kier alpha value is -2.68. The van der Waals surface area contributed by atoms with Gasteiger partial charge in [-0.25, -0.2) is 4.79 Å². The highest BCUT2D eigenvalue weighted by atomic mass is 16.6. The van der Waals surface area contributed by atoms with Gasteiger partial charge in [0, 0.05) is 6.07 Å². The van der Waals surface area contributed by atoms with Crippen LogP contribution in [0.1, 0.15) is 17.3 Å². The van der Waals surface area contributed by atoms with Crippen LogP contribution in [0, 0.1) is 10.1 Å². The van der Waals surface area contributed by atoms with Crippen LogP contribution in [0.3, 0.4) is 0 Å². The molecule has 0 fully saturated rings. The van der Waals surface area contributed by atoms with Crippen molar-refractivity contribution >= 4 is 17.6 Å². The minimum atomic E-state index is -1.54. The number of carbonyl (C=O) groups excluding carboxylic acids is 1. The fourth-order valence-corrected chi connectivity index (χ4v) is 1.67. The molecular weight excluding hydrogens is 284 g/mol. The van der Waals surface area contributed by atoms with E-state index >= 15 is 0 Å². The summed E-state index contributed by atoms with van der Waals surface area (Å²) in [6.07, 6.45) is -1.34. The molecule has 0 aliphatic heterocycles. The van der Waals surface area contributed by atoms with Crippen LogP contribution in [0.2, 0.25) is 0 Å². The number of carboxylic acids is 1. The lowest BCUT2D eigenvalue weighted by atomic mass is 10.1. The SMILES string of the molecule is COc1c(C(=O)N[C@H](C(=O)O)[C@@H](C)O)cccc1[N+](=O)[O-]. The van der Waals surface area contributed by atoms with Gasteiger partial charge in [-0.3, -0.25) is 14.9 Å². The molecule has 1 aromatic rings. The van der Waals surface area contributed by atoms with Crippen LogP contribution in [0.5, 0.6) is 5.75 Å². The second-order valence-electron chi connectivity index (χ2n) is 4.15. The average molecular weight is 298 g/mol. The first-order chi connectivity index (χ1) is 9.79. The van der Waals surface area contributed by atoms with E-state index in [1.54, 1.807) is 0 Å². The number of nitrogens with zero attached hydrogens (tertiary/aromatic N) is 1. The number of nitro benzene ring substituents is 1. The van der Waals surface area contributed by atoms with Gasteiger partial charge in [-0.1, -0.05) is 6.07 Å². The molecule has 0 heterocycles. The first-order valence-electron chi connectivity index (χ1n) is 5.82. The summed E-state index contributed by atoms with van der Waals surface area (Å²) in [6, 6.07) is 2.14. The third kappa shape index (κ3) is 3.66. The van der Waals surface area contributed by atoms with Gasteiger partial charge in [-0.05, 0) is 13.0 Å². The summed E-state index contributed by atoms with van der Waals surface area (Å²) in [6.45, 7) is 1.20. The van der Waals surface area contributed by atoms with Crippen molar-refractivity contribution in [2.75, 3.05) is 7.11 Å². The fourth-order valence-electron chi connectivity index (χ4n) is 1.67. The normalized spacial score (nSPS) is 13.1. The zero-order chi connectivity index (χ0) is 16.2. The van der Waals surface area contributed by atoms with Crippen LogP contribution < -0.4 is 10.1 Å². The topological polar surface area (TPSA) is 139 Å². The summed E-state index contributed by atoms with van der Waals surface area (Å²) >= 11 is 0. The number of rotatable bonds is 6. The van der Waals surface area contributed by atoms with E-state index in [4.69, 9.17) is 9.84 Å². The van der Waals surface area contributed by atoms with E-state index < -0.39 is 34.6 Å². The van der Waals surface area contributed by atoms with E-state index in [1.165, 1.54) is 19.1 Å². The number of nitrogens with one attached hydrogen (secondary N) is 1. The third-order valence-electron chi connectivity index (χ3n) is 2.67. The second-order valence-corrected chi connectivity index (χ2v) is 4.15. The van der Waals surface area contributed by atoms with Crippen molar-refractivity contribution in [1.82, 2.24) is 5.32 Å². The van der Waals surface area contributed by atoms with E-state index in [0.29, 0.717) is 0 Å². The molecule has 3 N–H and O–H groups in total. The van der Waals surface area contributed by atoms with Gasteiger partial charge in [-0.2, -0.15) is 0 Å². The third-order valence-corrected chi connectivity index (χ3v) is 2.67. The summed E-state index contributed by atoms with van der Waals surface area (Å²) in [5.74, 6) is -2.61. The quantitative estimate of drug-likeness (QED) is 0.502. The molecule has 0 aliphatic rings. The number of para-hydroxylation sites is 1. The monoisotopic (exact) mass is 298 g/mol. The number of methoxy groups -OCH3 is 1. The molecule has 9 nitrogen and oxygen atoms in total. The molecule has 0 unspecified atom stereocenters. The molecule has 2 atom stereocenters. The molecule has 114 valence electrons. The maximum Gasteiger partial charge on any atom is 0.328 e. The van der Waals surface area contributed by atoms with Crippen LogP contribution in [0.4, 0.5) is 5.69 Å². The fraction of sp³-hybridized carbons (Fsp3) is 0.333. The minimum absolute atomic E-state index is 0.196. The van der Waals surface area contributed by atoms with Crippen molar-refractivity contribution in [3.8, 4) is 5.75 Å². The number of carbonyl (C=O) groups is 2. The summed E-state index contributed by atoms with van der Waals surface area (Å²) < 4.78 is 4.85. The maximum atomic E-state index is 12.0. The molecule has 0 radical (unpaired) electrons. The lowest BCUT2D eigenvalue weighted by Crippen LogP contribution is -2.47. The van der Waals surface area contributed by atoms with E-state index in [0.717, 1.165) is 13.2 Å². The Bertz CT molecular complexity index is 571. The van der Waals surface area contributed by atoms with Crippen molar-refractivity contribution in [2.45, 2.75) is 19.1 Å². The Balaban J connectivity index is 3.16. The summed E-state index contributed by atoms with van der Waals surface area (Å²) in [4.78, 5) is 33.1. The molecule has 9 heteroatoms. The number of carboxylic acid groups (broad SMARTS) is 1. The molecule has 1 amide bonds. The zero-order valence-corrected chi connectivity index (χ0v) is 11.3. The number of amides is 1. The number of aliphatic hydroxyl groups is 1. The van der Waals surface area contributed by atoms with Crippen molar-refractivity contribution in [3.63, 3.8) is 0 Å². The summed E-state index contributed by atoms with van der Waals surface area (Å²) in [5, 5.41) is 31.1. The van der Waals surface area contributed by atoms with Crippen molar-refractivity contribution in [3.05, 3.63) is 33.9 Å². The number of ether oxygens (including phenoxy) is 1. The van der Waals surface area contributed by atoms with Crippen LogP contribution in [0.15, 0.2) is 18.2 Å². The number of nitro groups is 1. The summed E-state index contributed by atoms with van der Waals surface area (Å²) in [5.41, 5.74) is -0.618. The molecule has 1 rings (SSSR count). The van der Waals surface area contributed by atoms with Gasteiger partial charge in [0.05, 0.1) is 23.7 Å². The molecule has 0 aromatic heterocycles. The standard InChI is InChI=1S/C12H14N2O7/c1-6(15)9(12(17)18)13-11(16)7-4-3-5-8(14(19)20)10(7)21-2/h3-6,9,15H,1-2H3,(H,13,16)(H,17,18)/t6-,9+/m1/s1. The van der Waals surface area contributed by atoms with Crippen LogP contribution in [0.25, 0.3) is 0 Å². The number of benzene rings is 1. The zero-order valence-electron chi connectivity index (χ0n) is 11.3. The Kier molecular flexibility index (Phi) is 5.19. The lowest BCUT2D eigenvalue weighted by Gasteiger charge is -2.17. The maximum absolute atomic E-state index is 12.0. The molecule has 1 aromatic carbocycles. The Morgan fingerprint density at radius 2 is 2.05 bits per heavy atom. The van der Waals surface area contributed by atoms with Gasteiger partial charge in [0.25, 0.3) is 5.91 Å². The molecule has 21 heavy (non-hydrogen) atoms. The highest BCUT2D eigenvalue weighted by Gasteiger charge is 2.28. The highest BCUT2D eigenvalue weighted by Crippen LogP contribution is 2.30. The number of hydrogen-bond acceptors (Lipinski definition) is 6. The van der Waals surface area contributed by atoms with Gasteiger partial charge in [0.1, 0.15) is 0 Å². The number of hydrogen-bond donors (Lipinski definition) is 3. The minimum Gasteiger partial charge on any atom is -0.490 e. The van der Waals surface area contributed by atoms with Crippen molar-refractivity contribution < 1.29 is 29.5 Å². The Labute approximate surface area is 119 Å². The molecule has 0 bridgehead atoms. The molecule has 0 saturated carbocycles. The van der Waals surface area contributed by atoms with Gasteiger partial charge in [0.15, 0.2) is 6.04 Å². The summed E-state index contributed by atoms with van der Waals surface area (Å²) in [7, 11) is 1.16. The van der Waals surface area contributed by atoms with Crippen molar-refractivity contribution in [2.24, 2.45) is 0 Å². The van der Waals surface area contributed by atoms with Crippen LogP contribution in [-0.4, -0.2) is 46.3 Å². The van der Waals surface area contributed by atoms with Gasteiger partial charge < -0.3 is 20.3 Å². The molecular formula is C12H14N2O7. The first-order valence-corrected chi connectivity index (χ1v) is 5.82. The van der Waals surface area contributed by atoms with Gasteiger partial charge >= 0.3 is 11.7 Å². The van der Waals surface area contributed by atoms with E-state index in [1.807, 2.05) is 0 Å². The Morgan fingerprint density at radius 3 is 2.48 bits per heavy atom. The van der Waals surface area contributed by atoms with Gasteiger partial charge in [0.2, 0.25) is 5.75 Å². The van der Waals surface area contributed by atoms with Crippen LogP contribution >= 0.6 is 0 Å². The van der Waals surface area contributed by atoms with E-state index in [9.17, 15) is 24.8 Å². The van der Waals surface area contributed by atoms with E-state index in [2.05, 4.69) is 5.32 Å². The smallest absolute Gasteiger partial charge is 0.328 e. The van der Waals surface area contributed by atoms with Crippen LogP contribution in [-0.2, 0) is 4.79 Å². The predicted octanol–water partition coefficient (Wildman–Crippen LogP) is 0.167. The average Bonchev–Trinajstić information content (AvgIpc) is 2.42. The molecule has 0 spiro atoms. The lowest BCUT2D eigenvalue weighted by molar-refractivity contribution is -0.385. The Morgan fingerprint density at radius 1 is 1.43 bits per heavy atom. The predicted molar refractivity (Wildman–Crippen MR) is 70.2 cm³/mol. The number of aliphatic carboxylic acids is 1. The van der Waals surface area contributed by atoms with Gasteiger partial charge in [-0.15, -0.1) is 0 Å².